The van der Waals surface area contributed by atoms with Gasteiger partial charge in [-0.3, -0.25) is 9.59 Å². The number of nitrogens with one attached hydrogen (secondary N) is 4. The largest absolute Gasteiger partial charge is 0.467 e. The lowest BCUT2D eigenvalue weighted by Crippen LogP contribution is -2.56. The van der Waals surface area contributed by atoms with Gasteiger partial charge in [0.1, 0.15) is 30.3 Å². The van der Waals surface area contributed by atoms with Crippen LogP contribution in [0, 0.1) is 5.92 Å². The Morgan fingerprint density at radius 3 is 1.87 bits per heavy atom. The van der Waals surface area contributed by atoms with Crippen LogP contribution < -0.4 is 21.3 Å². The fraction of sp³-hybridized carbons (Fsp3) is 0.514. The van der Waals surface area contributed by atoms with Gasteiger partial charge in [0, 0.05) is 13.0 Å². The quantitative estimate of drug-likeness (QED) is 0.111. The SMILES string of the molecule is COC(=O)[C@@H](CCCCNC(=O)OC(C)(C)C)NC(=O)[C@@H](CC(C)C)NC(=O)[C@@H](Cc1ccccc1)NC(=O)OCc1ccccc1. The van der Waals surface area contributed by atoms with Gasteiger partial charge in [-0.2, -0.15) is 0 Å². The Morgan fingerprint density at radius 2 is 1.30 bits per heavy atom. The van der Waals surface area contributed by atoms with Crippen LogP contribution in [0.25, 0.3) is 0 Å². The number of rotatable bonds is 17. The molecular formula is C35H50N4O8. The molecule has 2 aromatic carbocycles. The van der Waals surface area contributed by atoms with Crippen LogP contribution in [-0.4, -0.2) is 67.4 Å². The highest BCUT2D eigenvalue weighted by molar-refractivity contribution is 5.93. The van der Waals surface area contributed by atoms with E-state index in [9.17, 15) is 24.0 Å². The molecule has 12 heteroatoms. The monoisotopic (exact) mass is 654 g/mol. The molecule has 2 rings (SSSR count). The highest BCUT2D eigenvalue weighted by atomic mass is 16.6. The first-order chi connectivity index (χ1) is 22.3. The first kappa shape index (κ1) is 38.6. The zero-order chi connectivity index (χ0) is 34.8. The van der Waals surface area contributed by atoms with Gasteiger partial charge in [0.2, 0.25) is 11.8 Å². The molecule has 0 aliphatic carbocycles. The molecule has 12 nitrogen and oxygen atoms in total. The molecule has 47 heavy (non-hydrogen) atoms. The molecule has 0 unspecified atom stereocenters. The summed E-state index contributed by atoms with van der Waals surface area (Å²) in [5, 5.41) is 10.8. The van der Waals surface area contributed by atoms with E-state index in [1.54, 1.807) is 20.8 Å². The zero-order valence-electron chi connectivity index (χ0n) is 28.3. The van der Waals surface area contributed by atoms with Crippen molar-refractivity contribution in [2.24, 2.45) is 5.92 Å². The number of alkyl carbamates (subject to hydrolysis) is 2. The fourth-order valence-electron chi connectivity index (χ4n) is 4.58. The maximum atomic E-state index is 13.6. The van der Waals surface area contributed by atoms with Crippen LogP contribution in [0.5, 0.6) is 0 Å². The van der Waals surface area contributed by atoms with Crippen LogP contribution in [0.15, 0.2) is 60.7 Å². The molecule has 0 saturated heterocycles. The number of hydrogen-bond donors (Lipinski definition) is 4. The molecule has 0 aliphatic rings. The van der Waals surface area contributed by atoms with Crippen molar-refractivity contribution >= 4 is 30.0 Å². The van der Waals surface area contributed by atoms with E-state index >= 15 is 0 Å². The van der Waals surface area contributed by atoms with E-state index in [0.29, 0.717) is 19.4 Å². The second-order valence-electron chi connectivity index (χ2n) is 12.6. The minimum atomic E-state index is -1.04. The molecule has 258 valence electrons. The molecule has 3 atom stereocenters. The lowest BCUT2D eigenvalue weighted by atomic mass is 10.0. The van der Waals surface area contributed by atoms with Gasteiger partial charge in [0.15, 0.2) is 0 Å². The van der Waals surface area contributed by atoms with Crippen molar-refractivity contribution in [2.45, 2.75) is 97.1 Å². The molecule has 0 aromatic heterocycles. The van der Waals surface area contributed by atoms with E-state index in [4.69, 9.17) is 14.2 Å². The predicted octanol–water partition coefficient (Wildman–Crippen LogP) is 4.41. The van der Waals surface area contributed by atoms with E-state index in [2.05, 4.69) is 21.3 Å². The molecule has 0 aliphatic heterocycles. The van der Waals surface area contributed by atoms with Crippen molar-refractivity contribution in [3.05, 3.63) is 71.8 Å². The molecule has 4 amide bonds. The number of unbranched alkanes of at least 4 members (excludes halogenated alkanes) is 1. The van der Waals surface area contributed by atoms with Crippen molar-refractivity contribution in [1.82, 2.24) is 21.3 Å². The lowest BCUT2D eigenvalue weighted by Gasteiger charge is -2.26. The molecule has 0 radical (unpaired) electrons. The van der Waals surface area contributed by atoms with Crippen LogP contribution in [0.3, 0.4) is 0 Å². The van der Waals surface area contributed by atoms with E-state index in [1.807, 2.05) is 74.5 Å². The summed E-state index contributed by atoms with van der Waals surface area (Å²) in [4.78, 5) is 64.3. The Bertz CT molecular complexity index is 1280. The first-order valence-corrected chi connectivity index (χ1v) is 15.9. The van der Waals surface area contributed by atoms with E-state index in [0.717, 1.165) is 11.1 Å². The van der Waals surface area contributed by atoms with E-state index in [-0.39, 0.29) is 31.8 Å². The number of ether oxygens (including phenoxy) is 3. The summed E-state index contributed by atoms with van der Waals surface area (Å²) >= 11 is 0. The van der Waals surface area contributed by atoms with Gasteiger partial charge in [0.05, 0.1) is 7.11 Å². The van der Waals surface area contributed by atoms with Crippen molar-refractivity contribution < 1.29 is 38.2 Å². The average molecular weight is 655 g/mol. The second kappa shape index (κ2) is 19.8. The normalized spacial score (nSPS) is 13.0. The van der Waals surface area contributed by atoms with Gasteiger partial charge >= 0.3 is 18.2 Å². The number of benzene rings is 2. The third-order valence-corrected chi connectivity index (χ3v) is 6.83. The Balaban J connectivity index is 2.07. The summed E-state index contributed by atoms with van der Waals surface area (Å²) in [6.45, 7) is 9.47. The van der Waals surface area contributed by atoms with Gasteiger partial charge in [-0.1, -0.05) is 74.5 Å². The van der Waals surface area contributed by atoms with Gasteiger partial charge in [0.25, 0.3) is 0 Å². The number of esters is 1. The predicted molar refractivity (Wildman–Crippen MR) is 177 cm³/mol. The Morgan fingerprint density at radius 1 is 0.723 bits per heavy atom. The number of methoxy groups -OCH3 is 1. The Kier molecular flexibility index (Phi) is 16.3. The molecular weight excluding hydrogens is 604 g/mol. The smallest absolute Gasteiger partial charge is 0.408 e. The number of carbonyl (C=O) groups is 5. The highest BCUT2D eigenvalue weighted by Crippen LogP contribution is 2.11. The van der Waals surface area contributed by atoms with Gasteiger partial charge in [-0.15, -0.1) is 0 Å². The third-order valence-electron chi connectivity index (χ3n) is 6.83. The first-order valence-electron chi connectivity index (χ1n) is 15.9. The Hall–Kier alpha value is -4.61. The van der Waals surface area contributed by atoms with Crippen molar-refractivity contribution in [3.63, 3.8) is 0 Å². The van der Waals surface area contributed by atoms with E-state index in [1.165, 1.54) is 7.11 Å². The molecule has 0 fully saturated rings. The van der Waals surface area contributed by atoms with Gasteiger partial charge in [-0.05, 0) is 63.5 Å². The summed E-state index contributed by atoms with van der Waals surface area (Å²) in [6.07, 6.45) is 0.399. The third kappa shape index (κ3) is 16.0. The minimum Gasteiger partial charge on any atom is -0.467 e. The molecule has 0 saturated carbocycles. The standard InChI is InChI=1S/C35H50N4O8/c1-24(2)21-28(30(40)37-27(32(42)45-6)19-13-14-20-36-33(43)47-35(3,4)5)38-31(41)29(22-25-15-9-7-10-16-25)39-34(44)46-23-26-17-11-8-12-18-26/h7-12,15-18,24,27-29H,13-14,19-23H2,1-6H3,(H,36,43)(H,37,40)(H,38,41)(H,39,44)/t27-,28-,29-/m1/s1. The topological polar surface area (TPSA) is 161 Å². The van der Waals surface area contributed by atoms with Crippen molar-refractivity contribution in [2.75, 3.05) is 13.7 Å². The zero-order valence-corrected chi connectivity index (χ0v) is 28.3. The molecule has 2 aromatic rings. The molecule has 0 heterocycles. The summed E-state index contributed by atoms with van der Waals surface area (Å²) < 4.78 is 15.5. The fourth-order valence-corrected chi connectivity index (χ4v) is 4.58. The minimum absolute atomic E-state index is 0.0120. The summed E-state index contributed by atoms with van der Waals surface area (Å²) in [5.74, 6) is -1.75. The van der Waals surface area contributed by atoms with Crippen LogP contribution in [0.2, 0.25) is 0 Å². The highest BCUT2D eigenvalue weighted by Gasteiger charge is 2.31. The van der Waals surface area contributed by atoms with Crippen LogP contribution >= 0.6 is 0 Å². The van der Waals surface area contributed by atoms with Crippen molar-refractivity contribution in [3.8, 4) is 0 Å². The number of hydrogen-bond acceptors (Lipinski definition) is 8. The number of carbonyl (C=O) groups excluding carboxylic acids is 5. The maximum Gasteiger partial charge on any atom is 0.408 e. The second-order valence-corrected chi connectivity index (χ2v) is 12.6. The average Bonchev–Trinajstić information content (AvgIpc) is 3.01. The summed E-state index contributed by atoms with van der Waals surface area (Å²) in [5.41, 5.74) is 0.975. The van der Waals surface area contributed by atoms with Gasteiger partial charge < -0.3 is 35.5 Å². The molecule has 0 spiro atoms. The van der Waals surface area contributed by atoms with Crippen molar-refractivity contribution in [1.29, 1.82) is 0 Å². The lowest BCUT2D eigenvalue weighted by molar-refractivity contribution is -0.145. The molecule has 0 bridgehead atoms. The van der Waals surface area contributed by atoms with Crippen LogP contribution in [-0.2, 0) is 41.6 Å². The Labute approximate surface area is 277 Å². The number of amides is 4. The summed E-state index contributed by atoms with van der Waals surface area (Å²) in [7, 11) is 1.23. The molecule has 4 N–H and O–H groups in total. The van der Waals surface area contributed by atoms with Crippen LogP contribution in [0.1, 0.15) is 71.4 Å². The van der Waals surface area contributed by atoms with Gasteiger partial charge in [-0.25, -0.2) is 14.4 Å². The van der Waals surface area contributed by atoms with E-state index < -0.39 is 53.7 Å². The summed E-state index contributed by atoms with van der Waals surface area (Å²) in [6, 6.07) is 15.3. The maximum absolute atomic E-state index is 13.6. The van der Waals surface area contributed by atoms with Crippen LogP contribution in [0.4, 0.5) is 9.59 Å².